The van der Waals surface area contributed by atoms with Gasteiger partial charge >= 0.3 is 6.18 Å². The van der Waals surface area contributed by atoms with Crippen molar-refractivity contribution in [3.63, 3.8) is 0 Å². The van der Waals surface area contributed by atoms with Gasteiger partial charge in [0, 0.05) is 0 Å². The van der Waals surface area contributed by atoms with Gasteiger partial charge in [0.05, 0.1) is 12.5 Å². The summed E-state index contributed by atoms with van der Waals surface area (Å²) in [5.74, 6) is 0. The van der Waals surface area contributed by atoms with Gasteiger partial charge in [-0.2, -0.15) is 13.2 Å². The molecule has 0 saturated carbocycles. The van der Waals surface area contributed by atoms with E-state index in [1.54, 1.807) is 0 Å². The van der Waals surface area contributed by atoms with Crippen molar-refractivity contribution >= 4 is 0 Å². The smallest absolute Gasteiger partial charge is 0.388 e. The Morgan fingerprint density at radius 1 is 1.00 bits per heavy atom. The summed E-state index contributed by atoms with van der Waals surface area (Å²) in [6, 6.07) is 3.82. The molecule has 1 aromatic carbocycles. The van der Waals surface area contributed by atoms with Crippen molar-refractivity contribution in [2.24, 2.45) is 0 Å². The fourth-order valence-electron chi connectivity index (χ4n) is 2.39. The molecule has 1 rings (SSSR count). The second-order valence-electron chi connectivity index (χ2n) is 4.72. The quantitative estimate of drug-likeness (QED) is 0.845. The molecule has 0 spiro atoms. The minimum absolute atomic E-state index is 0.472. The van der Waals surface area contributed by atoms with Crippen molar-refractivity contribution in [2.75, 3.05) is 0 Å². The van der Waals surface area contributed by atoms with Gasteiger partial charge in [0.2, 0.25) is 0 Å². The highest BCUT2D eigenvalue weighted by Gasteiger charge is 2.33. The zero-order valence-corrected chi connectivity index (χ0v) is 11.6. The highest BCUT2D eigenvalue weighted by Crippen LogP contribution is 2.34. The molecule has 0 aliphatic heterocycles. The number of aliphatic hydroxyl groups excluding tert-OH is 1. The van der Waals surface area contributed by atoms with Crippen molar-refractivity contribution in [2.45, 2.75) is 58.7 Å². The fourth-order valence-corrected chi connectivity index (χ4v) is 2.39. The highest BCUT2D eigenvalue weighted by molar-refractivity contribution is 5.41. The summed E-state index contributed by atoms with van der Waals surface area (Å²) in [4.78, 5) is 0. The normalized spacial score (nSPS) is 13.6. The first-order valence-electron chi connectivity index (χ1n) is 6.71. The first-order valence-corrected chi connectivity index (χ1v) is 6.71. The van der Waals surface area contributed by atoms with Crippen molar-refractivity contribution in [3.05, 3.63) is 34.4 Å². The molecule has 0 aliphatic carbocycles. The second-order valence-corrected chi connectivity index (χ2v) is 4.72. The third-order valence-corrected chi connectivity index (χ3v) is 3.34. The van der Waals surface area contributed by atoms with Crippen LogP contribution in [-0.4, -0.2) is 11.3 Å². The van der Waals surface area contributed by atoms with Crippen LogP contribution in [0.3, 0.4) is 0 Å². The van der Waals surface area contributed by atoms with Crippen LogP contribution in [0.2, 0.25) is 0 Å². The Balaban J connectivity index is 3.23. The van der Waals surface area contributed by atoms with Crippen LogP contribution in [0, 0.1) is 0 Å². The molecule has 1 N–H and O–H groups in total. The van der Waals surface area contributed by atoms with Crippen LogP contribution in [0.5, 0.6) is 0 Å². The number of rotatable bonds is 5. The Labute approximate surface area is 112 Å². The van der Waals surface area contributed by atoms with Crippen molar-refractivity contribution in [1.29, 1.82) is 0 Å². The van der Waals surface area contributed by atoms with E-state index < -0.39 is 18.7 Å². The lowest BCUT2D eigenvalue weighted by atomic mass is 9.89. The minimum Gasteiger partial charge on any atom is -0.388 e. The first kappa shape index (κ1) is 16.0. The van der Waals surface area contributed by atoms with Gasteiger partial charge in [-0.15, -0.1) is 0 Å². The Morgan fingerprint density at radius 3 is 1.79 bits per heavy atom. The van der Waals surface area contributed by atoms with Gasteiger partial charge in [0.15, 0.2) is 0 Å². The lowest BCUT2D eigenvalue weighted by Crippen LogP contribution is -2.16. The second kappa shape index (κ2) is 6.42. The predicted molar refractivity (Wildman–Crippen MR) is 70.2 cm³/mol. The summed E-state index contributed by atoms with van der Waals surface area (Å²) >= 11 is 0. The van der Waals surface area contributed by atoms with Crippen LogP contribution in [0.25, 0.3) is 0 Å². The Morgan fingerprint density at radius 2 is 1.47 bits per heavy atom. The number of benzene rings is 1. The van der Waals surface area contributed by atoms with Crippen LogP contribution >= 0.6 is 0 Å². The number of halogens is 3. The molecule has 0 heterocycles. The topological polar surface area (TPSA) is 20.2 Å². The largest absolute Gasteiger partial charge is 0.391 e. The molecule has 19 heavy (non-hydrogen) atoms. The van der Waals surface area contributed by atoms with Crippen LogP contribution in [-0.2, 0) is 19.3 Å². The van der Waals surface area contributed by atoms with Gasteiger partial charge in [-0.3, -0.25) is 0 Å². The van der Waals surface area contributed by atoms with E-state index in [9.17, 15) is 18.3 Å². The van der Waals surface area contributed by atoms with Crippen LogP contribution in [0.1, 0.15) is 55.5 Å². The molecule has 0 aliphatic rings. The van der Waals surface area contributed by atoms with Gasteiger partial charge in [0.25, 0.3) is 0 Å². The summed E-state index contributed by atoms with van der Waals surface area (Å²) in [7, 11) is 0. The van der Waals surface area contributed by atoms with E-state index >= 15 is 0 Å². The molecule has 4 heteroatoms. The molecule has 1 aromatic rings. The van der Waals surface area contributed by atoms with E-state index in [2.05, 4.69) is 0 Å². The summed E-state index contributed by atoms with van der Waals surface area (Å²) in [6.07, 6.45) is -4.89. The molecule has 108 valence electrons. The van der Waals surface area contributed by atoms with E-state index in [-0.39, 0.29) is 0 Å². The van der Waals surface area contributed by atoms with Crippen molar-refractivity contribution < 1.29 is 18.3 Å². The maximum absolute atomic E-state index is 12.4. The standard InChI is InChI=1S/C15H21F3O/c1-4-10-7-11(5-2)14(12(6-3)8-10)13(19)9-15(16,17)18/h7-8,13,19H,4-6,9H2,1-3H3. The number of hydrogen-bond donors (Lipinski definition) is 1. The molecule has 1 nitrogen and oxygen atoms in total. The molecule has 1 unspecified atom stereocenters. The number of hydrogen-bond acceptors (Lipinski definition) is 1. The van der Waals surface area contributed by atoms with Gasteiger partial charge < -0.3 is 5.11 Å². The summed E-state index contributed by atoms with van der Waals surface area (Å²) in [5, 5.41) is 9.92. The third kappa shape index (κ3) is 4.23. The zero-order valence-electron chi connectivity index (χ0n) is 11.6. The van der Waals surface area contributed by atoms with Crippen LogP contribution < -0.4 is 0 Å². The van der Waals surface area contributed by atoms with Gasteiger partial charge in [-0.1, -0.05) is 32.9 Å². The molecule has 0 fully saturated rings. The van der Waals surface area contributed by atoms with Gasteiger partial charge in [-0.25, -0.2) is 0 Å². The summed E-state index contributed by atoms with van der Waals surface area (Å²) < 4.78 is 37.3. The van der Waals surface area contributed by atoms with E-state index in [4.69, 9.17) is 0 Å². The molecule has 0 aromatic heterocycles. The Kier molecular flexibility index (Phi) is 5.41. The van der Waals surface area contributed by atoms with E-state index in [1.165, 1.54) is 0 Å². The molecule has 0 amide bonds. The monoisotopic (exact) mass is 274 g/mol. The first-order chi connectivity index (χ1) is 8.82. The van der Waals surface area contributed by atoms with Crippen LogP contribution in [0.4, 0.5) is 13.2 Å². The van der Waals surface area contributed by atoms with Crippen LogP contribution in [0.15, 0.2) is 12.1 Å². The van der Waals surface area contributed by atoms with Crippen molar-refractivity contribution in [1.82, 2.24) is 0 Å². The summed E-state index contributed by atoms with van der Waals surface area (Å²) in [6.45, 7) is 5.82. The van der Waals surface area contributed by atoms with Gasteiger partial charge in [0.1, 0.15) is 0 Å². The molecule has 0 radical (unpaired) electrons. The molecule has 0 saturated heterocycles. The highest BCUT2D eigenvalue weighted by atomic mass is 19.4. The van der Waals surface area contributed by atoms with E-state index in [0.717, 1.165) is 23.1 Å². The zero-order chi connectivity index (χ0) is 14.6. The van der Waals surface area contributed by atoms with E-state index in [0.29, 0.717) is 18.4 Å². The van der Waals surface area contributed by atoms with Gasteiger partial charge in [-0.05, 0) is 41.5 Å². The van der Waals surface area contributed by atoms with E-state index in [1.807, 2.05) is 32.9 Å². The maximum Gasteiger partial charge on any atom is 0.391 e. The molecule has 1 atom stereocenters. The lowest BCUT2D eigenvalue weighted by molar-refractivity contribution is -0.154. The molecule has 0 bridgehead atoms. The van der Waals surface area contributed by atoms with Crippen molar-refractivity contribution in [3.8, 4) is 0 Å². The number of aryl methyl sites for hydroxylation is 3. The fraction of sp³-hybridized carbons (Fsp3) is 0.600. The third-order valence-electron chi connectivity index (χ3n) is 3.34. The minimum atomic E-state index is -4.35. The number of alkyl halides is 3. The SMILES string of the molecule is CCc1cc(CC)c(C(O)CC(F)(F)F)c(CC)c1. The maximum atomic E-state index is 12.4. The lowest BCUT2D eigenvalue weighted by Gasteiger charge is -2.21. The Hall–Kier alpha value is -1.03. The average Bonchev–Trinajstić information content (AvgIpc) is 2.34. The average molecular weight is 274 g/mol. The Bertz CT molecular complexity index is 399. The number of aliphatic hydroxyl groups is 1. The molecular formula is C15H21F3O. The summed E-state index contributed by atoms with van der Waals surface area (Å²) in [5.41, 5.74) is 3.23. The predicted octanol–water partition coefficient (Wildman–Crippen LogP) is 4.36. The molecular weight excluding hydrogens is 253 g/mol.